The Balaban J connectivity index is 1.66. The number of pyridine rings is 1. The Hall–Kier alpha value is -4.13. The summed E-state index contributed by atoms with van der Waals surface area (Å²) in [5, 5.41) is 14.7. The zero-order valence-corrected chi connectivity index (χ0v) is 14.7. The van der Waals surface area contributed by atoms with Crippen molar-refractivity contribution in [1.29, 1.82) is 0 Å². The first kappa shape index (κ1) is 17.3. The quantitative estimate of drug-likeness (QED) is 0.366. The minimum absolute atomic E-state index is 0.0338. The molecule has 3 N–H and O–H groups in total. The number of hydrogen-bond donors (Lipinski definition) is 2. The fourth-order valence-electron chi connectivity index (χ4n) is 2.89. The molecule has 0 fully saturated rings. The van der Waals surface area contributed by atoms with Crippen LogP contribution in [0.25, 0.3) is 22.5 Å². The third kappa shape index (κ3) is 3.54. The average molecular weight is 372 g/mol. The highest BCUT2D eigenvalue weighted by Crippen LogP contribution is 2.33. The van der Waals surface area contributed by atoms with E-state index in [9.17, 15) is 10.1 Å². The van der Waals surface area contributed by atoms with Crippen LogP contribution in [0.4, 0.5) is 22.9 Å². The molecule has 7 heteroatoms. The molecule has 4 rings (SSSR count). The molecule has 0 saturated carbocycles. The molecule has 28 heavy (non-hydrogen) atoms. The molecule has 4 aromatic rings. The van der Waals surface area contributed by atoms with Gasteiger partial charge in [-0.15, -0.1) is 0 Å². The fraction of sp³-hybridized carbons (Fsp3) is 0. The lowest BCUT2D eigenvalue weighted by atomic mass is 10.1. The molecule has 2 aromatic carbocycles. The predicted octanol–water partition coefficient (Wildman–Crippen LogP) is 5.24. The number of benzene rings is 2. The van der Waals surface area contributed by atoms with Crippen LogP contribution in [0.1, 0.15) is 0 Å². The minimum Gasteiger partial charge on any atom is -0.464 e. The monoisotopic (exact) mass is 372 g/mol. The summed E-state index contributed by atoms with van der Waals surface area (Å²) < 4.78 is 5.33. The fourth-order valence-corrected chi connectivity index (χ4v) is 2.89. The summed E-state index contributed by atoms with van der Waals surface area (Å²) in [5.41, 5.74) is 9.19. The molecule has 0 spiro atoms. The second-order valence-corrected chi connectivity index (χ2v) is 6.14. The van der Waals surface area contributed by atoms with Crippen LogP contribution in [0.5, 0.6) is 0 Å². The number of nitrogens with zero attached hydrogens (tertiary/aromatic N) is 2. The van der Waals surface area contributed by atoms with Crippen molar-refractivity contribution in [3.8, 4) is 22.5 Å². The van der Waals surface area contributed by atoms with Crippen LogP contribution in [-0.4, -0.2) is 9.91 Å². The SMILES string of the molecule is Nc1ccc(-c2cccc(Nc3ccc(-c4ccco4)cc3[N+](=O)[O-])c2)cn1. The number of nitro groups is 1. The number of hydrogen-bond acceptors (Lipinski definition) is 6. The van der Waals surface area contributed by atoms with E-state index in [1.54, 1.807) is 36.5 Å². The third-order valence-corrected chi connectivity index (χ3v) is 4.26. The Morgan fingerprint density at radius 1 is 0.964 bits per heavy atom. The second kappa shape index (κ2) is 7.24. The van der Waals surface area contributed by atoms with E-state index in [1.807, 2.05) is 30.3 Å². The number of anilines is 3. The molecule has 0 bridgehead atoms. The highest BCUT2D eigenvalue weighted by Gasteiger charge is 2.16. The number of rotatable bonds is 5. The minimum atomic E-state index is -0.414. The predicted molar refractivity (Wildman–Crippen MR) is 108 cm³/mol. The van der Waals surface area contributed by atoms with Crippen LogP contribution >= 0.6 is 0 Å². The summed E-state index contributed by atoms with van der Waals surface area (Å²) in [5.74, 6) is 1.03. The highest BCUT2D eigenvalue weighted by molar-refractivity contribution is 5.77. The lowest BCUT2D eigenvalue weighted by molar-refractivity contribution is -0.383. The van der Waals surface area contributed by atoms with Crippen molar-refractivity contribution in [2.24, 2.45) is 0 Å². The Bertz CT molecular complexity index is 1120. The Kier molecular flexibility index (Phi) is 4.47. The van der Waals surface area contributed by atoms with Crippen molar-refractivity contribution in [2.75, 3.05) is 11.1 Å². The van der Waals surface area contributed by atoms with Gasteiger partial charge < -0.3 is 15.5 Å². The van der Waals surface area contributed by atoms with Gasteiger partial charge in [-0.25, -0.2) is 4.98 Å². The van der Waals surface area contributed by atoms with Gasteiger partial charge in [-0.05, 0) is 54.1 Å². The summed E-state index contributed by atoms with van der Waals surface area (Å²) in [6.07, 6.45) is 3.22. The number of nitrogen functional groups attached to an aromatic ring is 1. The van der Waals surface area contributed by atoms with Crippen LogP contribution in [0.3, 0.4) is 0 Å². The van der Waals surface area contributed by atoms with E-state index in [2.05, 4.69) is 10.3 Å². The molecular formula is C21H16N4O3. The molecule has 0 radical (unpaired) electrons. The van der Waals surface area contributed by atoms with Gasteiger partial charge in [0, 0.05) is 29.1 Å². The van der Waals surface area contributed by atoms with Crippen molar-refractivity contribution in [1.82, 2.24) is 4.98 Å². The normalized spacial score (nSPS) is 10.6. The molecular weight excluding hydrogens is 356 g/mol. The van der Waals surface area contributed by atoms with Crippen LogP contribution in [0, 0.1) is 10.1 Å². The summed E-state index contributed by atoms with van der Waals surface area (Å²) in [4.78, 5) is 15.3. The molecule has 7 nitrogen and oxygen atoms in total. The lowest BCUT2D eigenvalue weighted by Crippen LogP contribution is -1.98. The first-order chi connectivity index (χ1) is 13.6. The van der Waals surface area contributed by atoms with E-state index in [4.69, 9.17) is 10.2 Å². The maximum Gasteiger partial charge on any atom is 0.293 e. The number of nitro benzene ring substituents is 1. The average Bonchev–Trinajstić information content (AvgIpc) is 3.24. The molecule has 0 amide bonds. The molecule has 0 aliphatic rings. The molecule has 0 unspecified atom stereocenters. The van der Waals surface area contributed by atoms with E-state index in [1.165, 1.54) is 12.3 Å². The van der Waals surface area contributed by atoms with Gasteiger partial charge >= 0.3 is 0 Å². The standard InChI is InChI=1S/C21H16N4O3/c22-21-9-7-16(13-23-21)14-3-1-4-17(11-14)24-18-8-6-15(12-19(18)25(26)27)20-5-2-10-28-20/h1-13,24H,(H2,22,23). The zero-order chi connectivity index (χ0) is 19.5. The molecule has 0 saturated heterocycles. The van der Waals surface area contributed by atoms with Gasteiger partial charge in [0.05, 0.1) is 11.2 Å². The van der Waals surface area contributed by atoms with Crippen molar-refractivity contribution in [2.45, 2.75) is 0 Å². The summed E-state index contributed by atoms with van der Waals surface area (Å²) in [7, 11) is 0. The number of nitrogens with one attached hydrogen (secondary N) is 1. The maximum atomic E-state index is 11.6. The summed E-state index contributed by atoms with van der Waals surface area (Å²) in [6, 6.07) is 19.6. The highest BCUT2D eigenvalue weighted by atomic mass is 16.6. The first-order valence-corrected chi connectivity index (χ1v) is 8.51. The van der Waals surface area contributed by atoms with Gasteiger partial charge in [-0.1, -0.05) is 12.1 Å². The lowest BCUT2D eigenvalue weighted by Gasteiger charge is -2.10. The van der Waals surface area contributed by atoms with Gasteiger partial charge in [0.2, 0.25) is 0 Å². The molecule has 138 valence electrons. The first-order valence-electron chi connectivity index (χ1n) is 8.51. The Morgan fingerprint density at radius 2 is 1.82 bits per heavy atom. The number of aromatic nitrogens is 1. The third-order valence-electron chi connectivity index (χ3n) is 4.26. The number of nitrogens with two attached hydrogens (primary N) is 1. The van der Waals surface area contributed by atoms with E-state index in [0.29, 0.717) is 22.8 Å². The summed E-state index contributed by atoms with van der Waals surface area (Å²) >= 11 is 0. The Morgan fingerprint density at radius 3 is 2.54 bits per heavy atom. The topological polar surface area (TPSA) is 107 Å². The zero-order valence-electron chi connectivity index (χ0n) is 14.7. The van der Waals surface area contributed by atoms with Crippen molar-refractivity contribution in [3.05, 3.63) is 89.3 Å². The smallest absolute Gasteiger partial charge is 0.293 e. The summed E-state index contributed by atoms with van der Waals surface area (Å²) in [6.45, 7) is 0. The van der Waals surface area contributed by atoms with E-state index in [0.717, 1.165) is 16.8 Å². The van der Waals surface area contributed by atoms with E-state index >= 15 is 0 Å². The van der Waals surface area contributed by atoms with Gasteiger partial charge in [-0.3, -0.25) is 10.1 Å². The maximum absolute atomic E-state index is 11.6. The van der Waals surface area contributed by atoms with Crippen LogP contribution in [-0.2, 0) is 0 Å². The van der Waals surface area contributed by atoms with Gasteiger partial charge in [0.15, 0.2) is 0 Å². The molecule has 0 aliphatic carbocycles. The largest absolute Gasteiger partial charge is 0.464 e. The van der Waals surface area contributed by atoms with Crippen LogP contribution in [0.15, 0.2) is 83.6 Å². The molecule has 0 aliphatic heterocycles. The van der Waals surface area contributed by atoms with E-state index in [-0.39, 0.29) is 5.69 Å². The van der Waals surface area contributed by atoms with Gasteiger partial charge in [0.25, 0.3) is 5.69 Å². The second-order valence-electron chi connectivity index (χ2n) is 6.14. The van der Waals surface area contributed by atoms with E-state index < -0.39 is 4.92 Å². The van der Waals surface area contributed by atoms with Crippen LogP contribution in [0.2, 0.25) is 0 Å². The molecule has 2 aromatic heterocycles. The number of furan rings is 1. The van der Waals surface area contributed by atoms with Crippen molar-refractivity contribution < 1.29 is 9.34 Å². The Labute approximate surface area is 160 Å². The van der Waals surface area contributed by atoms with Gasteiger partial charge in [0.1, 0.15) is 17.3 Å². The molecule has 0 atom stereocenters. The van der Waals surface area contributed by atoms with Crippen molar-refractivity contribution in [3.63, 3.8) is 0 Å². The van der Waals surface area contributed by atoms with Gasteiger partial charge in [-0.2, -0.15) is 0 Å². The van der Waals surface area contributed by atoms with Crippen molar-refractivity contribution >= 4 is 22.9 Å². The van der Waals surface area contributed by atoms with Crippen LogP contribution < -0.4 is 11.1 Å². The molecule has 2 heterocycles.